The lowest BCUT2D eigenvalue weighted by Gasteiger charge is -2.42. The van der Waals surface area contributed by atoms with Crippen molar-refractivity contribution in [1.82, 2.24) is 10.2 Å². The minimum atomic E-state index is 0.233. The zero-order chi connectivity index (χ0) is 14.7. The Bertz CT molecular complexity index is 251. The third-order valence-corrected chi connectivity index (χ3v) is 4.61. The Balaban J connectivity index is 2.44. The summed E-state index contributed by atoms with van der Waals surface area (Å²) in [4.78, 5) is 2.71. The number of nitrogens with one attached hydrogen (secondary N) is 1. The van der Waals surface area contributed by atoms with Crippen molar-refractivity contribution in [2.75, 3.05) is 19.6 Å². The summed E-state index contributed by atoms with van der Waals surface area (Å²) in [7, 11) is 0. The molecule has 1 fully saturated rings. The summed E-state index contributed by atoms with van der Waals surface area (Å²) >= 11 is 0. The Labute approximate surface area is 121 Å². The monoisotopic (exact) mass is 268 g/mol. The van der Waals surface area contributed by atoms with Crippen LogP contribution in [0.3, 0.4) is 0 Å². The molecule has 0 spiro atoms. The first-order valence-electron chi connectivity index (χ1n) is 8.12. The van der Waals surface area contributed by atoms with E-state index in [2.05, 4.69) is 58.7 Å². The van der Waals surface area contributed by atoms with Gasteiger partial charge in [0.05, 0.1) is 0 Å². The summed E-state index contributed by atoms with van der Waals surface area (Å²) in [6.07, 6.45) is 3.99. The number of hydrogen-bond acceptors (Lipinski definition) is 2. The molecule has 2 heteroatoms. The Morgan fingerprint density at radius 1 is 1.05 bits per heavy atom. The molecule has 1 heterocycles. The summed E-state index contributed by atoms with van der Waals surface area (Å²) in [5, 5.41) is 3.67. The highest BCUT2D eigenvalue weighted by Gasteiger charge is 2.31. The minimum absolute atomic E-state index is 0.233. The molecular formula is C17H36N2. The lowest BCUT2D eigenvalue weighted by molar-refractivity contribution is 0.0782. The number of hydrogen-bond donors (Lipinski definition) is 1. The summed E-state index contributed by atoms with van der Waals surface area (Å²) < 4.78 is 0. The lowest BCUT2D eigenvalue weighted by atomic mass is 9.75. The second-order valence-electron chi connectivity index (χ2n) is 8.37. The maximum Gasteiger partial charge on any atom is 0.0218 e. The van der Waals surface area contributed by atoms with Crippen molar-refractivity contribution >= 4 is 0 Å². The van der Waals surface area contributed by atoms with E-state index in [4.69, 9.17) is 0 Å². The fraction of sp³-hybridized carbons (Fsp3) is 1.00. The molecule has 2 nitrogen and oxygen atoms in total. The fourth-order valence-electron chi connectivity index (χ4n) is 3.09. The van der Waals surface area contributed by atoms with Gasteiger partial charge in [0.15, 0.2) is 0 Å². The molecule has 0 bridgehead atoms. The second kappa shape index (κ2) is 6.58. The van der Waals surface area contributed by atoms with E-state index >= 15 is 0 Å². The lowest BCUT2D eigenvalue weighted by Crippen LogP contribution is -2.50. The average Bonchev–Trinajstić information content (AvgIpc) is 2.28. The predicted octanol–water partition coefficient (Wildman–Crippen LogP) is 3.91. The van der Waals surface area contributed by atoms with E-state index < -0.39 is 0 Å². The fourth-order valence-corrected chi connectivity index (χ4v) is 3.09. The van der Waals surface area contributed by atoms with Gasteiger partial charge in [0, 0.05) is 18.1 Å². The van der Waals surface area contributed by atoms with Crippen LogP contribution in [0.15, 0.2) is 0 Å². The quantitative estimate of drug-likeness (QED) is 0.831. The van der Waals surface area contributed by atoms with E-state index in [0.717, 1.165) is 12.5 Å². The Kier molecular flexibility index (Phi) is 5.88. The molecule has 0 saturated carbocycles. The van der Waals surface area contributed by atoms with Crippen molar-refractivity contribution < 1.29 is 0 Å². The minimum Gasteiger partial charge on any atom is -0.311 e. The van der Waals surface area contributed by atoms with Crippen LogP contribution in [-0.2, 0) is 0 Å². The van der Waals surface area contributed by atoms with Gasteiger partial charge in [-0.05, 0) is 64.5 Å². The topological polar surface area (TPSA) is 15.3 Å². The third-order valence-electron chi connectivity index (χ3n) is 4.61. The summed E-state index contributed by atoms with van der Waals surface area (Å²) in [5.74, 6) is 0.900. The van der Waals surface area contributed by atoms with Crippen molar-refractivity contribution in [3.63, 3.8) is 0 Å². The first-order valence-corrected chi connectivity index (χ1v) is 8.12. The summed E-state index contributed by atoms with van der Waals surface area (Å²) in [5.41, 5.74) is 0.717. The van der Waals surface area contributed by atoms with Crippen molar-refractivity contribution in [2.45, 2.75) is 79.3 Å². The van der Waals surface area contributed by atoms with E-state index in [-0.39, 0.29) is 5.54 Å². The van der Waals surface area contributed by atoms with Crippen molar-refractivity contribution in [1.29, 1.82) is 0 Å². The average molecular weight is 268 g/mol. The zero-order valence-electron chi connectivity index (χ0n) is 14.3. The SMILES string of the molecule is CCC(CNC(C)(C)C)N1CCC(C(C)(C)C)CC1. The van der Waals surface area contributed by atoms with Gasteiger partial charge in [-0.25, -0.2) is 0 Å². The molecule has 19 heavy (non-hydrogen) atoms. The van der Waals surface area contributed by atoms with Crippen LogP contribution in [0.1, 0.15) is 67.7 Å². The van der Waals surface area contributed by atoms with Crippen LogP contribution in [0.4, 0.5) is 0 Å². The second-order valence-corrected chi connectivity index (χ2v) is 8.37. The number of nitrogens with zero attached hydrogens (tertiary/aromatic N) is 1. The number of piperidine rings is 1. The smallest absolute Gasteiger partial charge is 0.0218 e. The van der Waals surface area contributed by atoms with E-state index in [9.17, 15) is 0 Å². The van der Waals surface area contributed by atoms with Crippen molar-refractivity contribution in [3.05, 3.63) is 0 Å². The molecule has 1 aliphatic heterocycles. The molecule has 1 rings (SSSR count). The van der Waals surface area contributed by atoms with Crippen LogP contribution < -0.4 is 5.32 Å². The first-order chi connectivity index (χ1) is 8.63. The van der Waals surface area contributed by atoms with Crippen LogP contribution >= 0.6 is 0 Å². The molecule has 0 aromatic rings. The molecule has 1 saturated heterocycles. The van der Waals surface area contributed by atoms with Crippen LogP contribution in [0.2, 0.25) is 0 Å². The number of likely N-dealkylation sites (tertiary alicyclic amines) is 1. The van der Waals surface area contributed by atoms with Gasteiger partial charge in [-0.3, -0.25) is 4.90 Å². The first kappa shape index (κ1) is 17.0. The van der Waals surface area contributed by atoms with E-state index in [1.54, 1.807) is 0 Å². The van der Waals surface area contributed by atoms with Gasteiger partial charge in [-0.1, -0.05) is 27.7 Å². The highest BCUT2D eigenvalue weighted by molar-refractivity contribution is 4.85. The molecule has 0 amide bonds. The molecule has 0 aromatic heterocycles. The maximum atomic E-state index is 3.67. The standard InChI is InChI=1S/C17H36N2/c1-8-15(13-18-17(5,6)7)19-11-9-14(10-12-19)16(2,3)4/h14-15,18H,8-13H2,1-7H3. The highest BCUT2D eigenvalue weighted by Crippen LogP contribution is 2.34. The van der Waals surface area contributed by atoms with Crippen LogP contribution in [0.5, 0.6) is 0 Å². The normalized spacial score (nSPS) is 21.6. The molecule has 1 unspecified atom stereocenters. The number of rotatable bonds is 4. The molecule has 1 atom stereocenters. The third kappa shape index (κ3) is 5.83. The van der Waals surface area contributed by atoms with Gasteiger partial charge in [0.1, 0.15) is 0 Å². The van der Waals surface area contributed by atoms with Crippen LogP contribution in [0.25, 0.3) is 0 Å². The van der Waals surface area contributed by atoms with Crippen LogP contribution in [-0.4, -0.2) is 36.1 Å². The Morgan fingerprint density at radius 3 is 1.95 bits per heavy atom. The molecule has 1 N–H and O–H groups in total. The summed E-state index contributed by atoms with van der Waals surface area (Å²) in [6.45, 7) is 20.0. The van der Waals surface area contributed by atoms with E-state index in [0.29, 0.717) is 11.5 Å². The molecule has 0 aliphatic carbocycles. The molecule has 1 aliphatic rings. The Morgan fingerprint density at radius 2 is 1.58 bits per heavy atom. The van der Waals surface area contributed by atoms with Crippen molar-refractivity contribution in [2.24, 2.45) is 11.3 Å². The zero-order valence-corrected chi connectivity index (χ0v) is 14.3. The molecule has 0 aromatic carbocycles. The van der Waals surface area contributed by atoms with Gasteiger partial charge in [0.2, 0.25) is 0 Å². The van der Waals surface area contributed by atoms with Gasteiger partial charge in [0.25, 0.3) is 0 Å². The Hall–Kier alpha value is -0.0800. The van der Waals surface area contributed by atoms with Gasteiger partial charge in [-0.15, -0.1) is 0 Å². The van der Waals surface area contributed by atoms with E-state index in [1.165, 1.54) is 32.4 Å². The highest BCUT2D eigenvalue weighted by atomic mass is 15.2. The largest absolute Gasteiger partial charge is 0.311 e. The maximum absolute atomic E-state index is 3.67. The van der Waals surface area contributed by atoms with Gasteiger partial charge < -0.3 is 5.32 Å². The summed E-state index contributed by atoms with van der Waals surface area (Å²) in [6, 6.07) is 0.708. The van der Waals surface area contributed by atoms with Crippen LogP contribution in [0, 0.1) is 11.3 Å². The molecule has 0 radical (unpaired) electrons. The van der Waals surface area contributed by atoms with Gasteiger partial charge >= 0.3 is 0 Å². The van der Waals surface area contributed by atoms with Gasteiger partial charge in [-0.2, -0.15) is 0 Å². The predicted molar refractivity (Wildman–Crippen MR) is 85.6 cm³/mol. The van der Waals surface area contributed by atoms with E-state index in [1.807, 2.05) is 0 Å². The van der Waals surface area contributed by atoms with Crippen molar-refractivity contribution in [3.8, 4) is 0 Å². The molecule has 114 valence electrons. The molecular weight excluding hydrogens is 232 g/mol.